The average molecular weight is 297 g/mol. The molecule has 1 saturated heterocycles. The summed E-state index contributed by atoms with van der Waals surface area (Å²) in [7, 11) is -0.337. The van der Waals surface area contributed by atoms with Crippen LogP contribution in [0.2, 0.25) is 0 Å². The van der Waals surface area contributed by atoms with Crippen molar-refractivity contribution in [3.8, 4) is 5.82 Å². The molecule has 1 aliphatic rings. The molecule has 0 saturated carbocycles. The van der Waals surface area contributed by atoms with E-state index in [2.05, 4.69) is 10.1 Å². The Morgan fingerprint density at radius 1 is 1.14 bits per heavy atom. The summed E-state index contributed by atoms with van der Waals surface area (Å²) in [5.41, 5.74) is 0.361. The van der Waals surface area contributed by atoms with E-state index in [0.29, 0.717) is 0 Å². The van der Waals surface area contributed by atoms with Crippen molar-refractivity contribution >= 4 is 13.2 Å². The Kier molecular flexibility index (Phi) is 3.66. The molecule has 0 aliphatic carbocycles. The quantitative estimate of drug-likeness (QED) is 0.817. The fourth-order valence-electron chi connectivity index (χ4n) is 2.19. The number of hydrogen-bond donors (Lipinski definition) is 0. The van der Waals surface area contributed by atoms with Crippen LogP contribution >= 0.6 is 0 Å². The van der Waals surface area contributed by atoms with Gasteiger partial charge in [0.05, 0.1) is 11.2 Å². The summed E-state index contributed by atoms with van der Waals surface area (Å²) in [6.45, 7) is 8.17. The normalized spacial score (nSPS) is 19.9. The second kappa shape index (κ2) is 5.37. The van der Waals surface area contributed by atoms with Crippen LogP contribution in [-0.2, 0) is 9.31 Å². The third kappa shape index (κ3) is 2.84. The van der Waals surface area contributed by atoms with Crippen LogP contribution in [0.5, 0.6) is 0 Å². The fraction of sp³-hybridized carbons (Fsp3) is 0.375. The SMILES string of the molecule is CC1(C)OB(/C=C/c2ccc(-n3cccn3)nc2)OC1(C)C. The van der Waals surface area contributed by atoms with Crippen molar-refractivity contribution < 1.29 is 9.31 Å². The molecule has 0 spiro atoms. The molecule has 0 N–H and O–H groups in total. The molecule has 0 bridgehead atoms. The van der Waals surface area contributed by atoms with Gasteiger partial charge in [-0.1, -0.05) is 12.1 Å². The zero-order chi connectivity index (χ0) is 15.8. The number of pyridine rings is 1. The summed E-state index contributed by atoms with van der Waals surface area (Å²) < 4.78 is 13.6. The molecule has 0 aromatic carbocycles. The topological polar surface area (TPSA) is 49.2 Å². The molecule has 5 nitrogen and oxygen atoms in total. The minimum atomic E-state index is -0.337. The Balaban J connectivity index is 1.69. The van der Waals surface area contributed by atoms with Crippen LogP contribution < -0.4 is 0 Å². The lowest BCUT2D eigenvalue weighted by molar-refractivity contribution is 0.00578. The molecular formula is C16H20BN3O2. The monoisotopic (exact) mass is 297 g/mol. The minimum Gasteiger partial charge on any atom is -0.400 e. The molecule has 3 heterocycles. The van der Waals surface area contributed by atoms with Gasteiger partial charge in [-0.25, -0.2) is 9.67 Å². The van der Waals surface area contributed by atoms with Gasteiger partial charge in [-0.2, -0.15) is 5.10 Å². The van der Waals surface area contributed by atoms with Gasteiger partial charge in [0, 0.05) is 18.6 Å². The van der Waals surface area contributed by atoms with Crippen molar-refractivity contribution in [2.75, 3.05) is 0 Å². The lowest BCUT2D eigenvalue weighted by Gasteiger charge is -2.32. The van der Waals surface area contributed by atoms with E-state index in [4.69, 9.17) is 9.31 Å². The third-order valence-corrected chi connectivity index (χ3v) is 4.23. The fourth-order valence-corrected chi connectivity index (χ4v) is 2.19. The highest BCUT2D eigenvalue weighted by atomic mass is 16.7. The summed E-state index contributed by atoms with van der Waals surface area (Å²) in [5.74, 6) is 2.71. The number of hydrogen-bond acceptors (Lipinski definition) is 4. The zero-order valence-corrected chi connectivity index (χ0v) is 13.4. The van der Waals surface area contributed by atoms with Crippen LogP contribution in [0.4, 0.5) is 0 Å². The van der Waals surface area contributed by atoms with Gasteiger partial charge in [0.1, 0.15) is 0 Å². The van der Waals surface area contributed by atoms with Crippen LogP contribution in [-0.4, -0.2) is 33.1 Å². The Morgan fingerprint density at radius 3 is 2.41 bits per heavy atom. The zero-order valence-electron chi connectivity index (χ0n) is 13.4. The highest BCUT2D eigenvalue weighted by Gasteiger charge is 2.49. The van der Waals surface area contributed by atoms with E-state index < -0.39 is 0 Å². The molecule has 0 amide bonds. The molecule has 1 fully saturated rings. The third-order valence-electron chi connectivity index (χ3n) is 4.23. The summed E-state index contributed by atoms with van der Waals surface area (Å²) in [4.78, 5) is 4.39. The molecular weight excluding hydrogens is 277 g/mol. The number of rotatable bonds is 3. The molecule has 0 atom stereocenters. The van der Waals surface area contributed by atoms with Crippen molar-refractivity contribution in [3.05, 3.63) is 48.3 Å². The minimum absolute atomic E-state index is 0.315. The highest BCUT2D eigenvalue weighted by Crippen LogP contribution is 2.36. The summed E-state index contributed by atoms with van der Waals surface area (Å²) >= 11 is 0. The van der Waals surface area contributed by atoms with Crippen LogP contribution in [0, 0.1) is 0 Å². The van der Waals surface area contributed by atoms with Gasteiger partial charge in [0.15, 0.2) is 5.82 Å². The van der Waals surface area contributed by atoms with E-state index in [1.807, 2.05) is 64.1 Å². The van der Waals surface area contributed by atoms with Gasteiger partial charge in [-0.3, -0.25) is 0 Å². The molecule has 2 aromatic rings. The van der Waals surface area contributed by atoms with Gasteiger partial charge in [-0.05, 0) is 51.5 Å². The van der Waals surface area contributed by atoms with Crippen LogP contribution in [0.1, 0.15) is 33.3 Å². The highest BCUT2D eigenvalue weighted by molar-refractivity contribution is 6.52. The first-order valence-corrected chi connectivity index (χ1v) is 7.37. The smallest absolute Gasteiger partial charge is 0.400 e. The van der Waals surface area contributed by atoms with E-state index in [1.54, 1.807) is 17.1 Å². The van der Waals surface area contributed by atoms with Crippen LogP contribution in [0.3, 0.4) is 0 Å². The van der Waals surface area contributed by atoms with Crippen molar-refractivity contribution in [2.45, 2.75) is 38.9 Å². The van der Waals surface area contributed by atoms with E-state index >= 15 is 0 Å². The van der Waals surface area contributed by atoms with Crippen molar-refractivity contribution in [1.29, 1.82) is 0 Å². The maximum Gasteiger partial charge on any atom is 0.487 e. The molecule has 3 rings (SSSR count). The van der Waals surface area contributed by atoms with Crippen LogP contribution in [0.15, 0.2) is 42.8 Å². The first-order chi connectivity index (χ1) is 10.4. The molecule has 114 valence electrons. The van der Waals surface area contributed by atoms with Crippen molar-refractivity contribution in [2.24, 2.45) is 0 Å². The maximum atomic E-state index is 5.92. The predicted octanol–water partition coefficient (Wildman–Crippen LogP) is 2.91. The van der Waals surface area contributed by atoms with Gasteiger partial charge >= 0.3 is 7.12 Å². The molecule has 6 heteroatoms. The largest absolute Gasteiger partial charge is 0.487 e. The second-order valence-corrected chi connectivity index (χ2v) is 6.38. The first kappa shape index (κ1) is 15.0. The van der Waals surface area contributed by atoms with E-state index in [0.717, 1.165) is 11.4 Å². The molecule has 22 heavy (non-hydrogen) atoms. The van der Waals surface area contributed by atoms with E-state index in [-0.39, 0.29) is 18.3 Å². The van der Waals surface area contributed by atoms with Gasteiger partial charge in [-0.15, -0.1) is 0 Å². The molecule has 2 aromatic heterocycles. The lowest BCUT2D eigenvalue weighted by atomic mass is 9.89. The first-order valence-electron chi connectivity index (χ1n) is 7.37. The van der Waals surface area contributed by atoms with E-state index in [9.17, 15) is 0 Å². The average Bonchev–Trinajstić information content (AvgIpc) is 3.04. The van der Waals surface area contributed by atoms with Crippen molar-refractivity contribution in [1.82, 2.24) is 14.8 Å². The summed E-state index contributed by atoms with van der Waals surface area (Å²) in [6, 6.07) is 5.79. The van der Waals surface area contributed by atoms with Gasteiger partial charge in [0.2, 0.25) is 0 Å². The Morgan fingerprint density at radius 2 is 1.86 bits per heavy atom. The summed E-state index contributed by atoms with van der Waals surface area (Å²) in [6.07, 6.45) is 7.36. The van der Waals surface area contributed by atoms with Crippen LogP contribution in [0.25, 0.3) is 11.9 Å². The van der Waals surface area contributed by atoms with Gasteiger partial charge in [0.25, 0.3) is 0 Å². The Hall–Kier alpha value is -1.92. The van der Waals surface area contributed by atoms with E-state index in [1.165, 1.54) is 0 Å². The Labute approximate surface area is 131 Å². The number of nitrogens with zero attached hydrogens (tertiary/aromatic N) is 3. The molecule has 1 aliphatic heterocycles. The summed E-state index contributed by atoms with van der Waals surface area (Å²) in [5, 5.41) is 4.15. The maximum absolute atomic E-state index is 5.92. The molecule has 0 radical (unpaired) electrons. The predicted molar refractivity (Wildman–Crippen MR) is 86.5 cm³/mol. The molecule has 0 unspecified atom stereocenters. The van der Waals surface area contributed by atoms with Crippen molar-refractivity contribution in [3.63, 3.8) is 0 Å². The lowest BCUT2D eigenvalue weighted by Crippen LogP contribution is -2.41. The Bertz CT molecular complexity index is 647. The number of aromatic nitrogens is 3. The standard InChI is InChI=1S/C16H20BN3O2/c1-15(2)16(3,4)22-17(21-15)9-8-13-6-7-14(18-12-13)20-11-5-10-19-20/h5-12H,1-4H3/b9-8+. The second-order valence-electron chi connectivity index (χ2n) is 6.38. The van der Waals surface area contributed by atoms with Gasteiger partial charge < -0.3 is 9.31 Å².